The molecule has 4 rings (SSSR count). The van der Waals surface area contributed by atoms with Crippen molar-refractivity contribution in [3.05, 3.63) is 87.9 Å². The van der Waals surface area contributed by atoms with E-state index in [9.17, 15) is 10.1 Å². The summed E-state index contributed by atoms with van der Waals surface area (Å²) in [5, 5.41) is 17.9. The summed E-state index contributed by atoms with van der Waals surface area (Å²) in [6.45, 7) is 3.85. The van der Waals surface area contributed by atoms with Gasteiger partial charge in [0.2, 0.25) is 0 Å². The van der Waals surface area contributed by atoms with E-state index in [-0.39, 0.29) is 5.57 Å². The number of aryl methyl sites for hydroxylation is 2. The highest BCUT2D eigenvalue weighted by Gasteiger charge is 2.14. The van der Waals surface area contributed by atoms with Crippen LogP contribution in [0.5, 0.6) is 0 Å². The van der Waals surface area contributed by atoms with Crippen molar-refractivity contribution in [2.75, 3.05) is 5.32 Å². The quantitative estimate of drug-likeness (QED) is 0.305. The predicted molar refractivity (Wildman–Crippen MR) is 123 cm³/mol. The van der Waals surface area contributed by atoms with Crippen LogP contribution < -0.4 is 5.32 Å². The average molecular weight is 428 g/mol. The summed E-state index contributed by atoms with van der Waals surface area (Å²) < 4.78 is 5.52. The fraction of sp³-hybridized carbons (Fsp3) is 0.0800. The molecule has 0 aliphatic rings. The lowest BCUT2D eigenvalue weighted by Gasteiger charge is -2.08. The maximum atomic E-state index is 12.7. The molecule has 152 valence electrons. The van der Waals surface area contributed by atoms with E-state index in [2.05, 4.69) is 10.5 Å². The molecule has 4 aromatic rings. The van der Waals surface area contributed by atoms with Crippen LogP contribution in [0.2, 0.25) is 5.02 Å². The Morgan fingerprint density at radius 1 is 1.10 bits per heavy atom. The smallest absolute Gasteiger partial charge is 0.266 e. The molecule has 0 radical (unpaired) electrons. The van der Waals surface area contributed by atoms with E-state index >= 15 is 0 Å². The van der Waals surface area contributed by atoms with Gasteiger partial charge in [0.1, 0.15) is 17.2 Å². The molecule has 1 heterocycles. The number of carbonyl (C=O) groups excluding carboxylic acids is 1. The van der Waals surface area contributed by atoms with Crippen LogP contribution in [0.25, 0.3) is 28.3 Å². The summed E-state index contributed by atoms with van der Waals surface area (Å²) >= 11 is 5.97. The Morgan fingerprint density at radius 3 is 2.61 bits per heavy atom. The molecule has 0 saturated carbocycles. The van der Waals surface area contributed by atoms with E-state index < -0.39 is 5.91 Å². The molecule has 3 aromatic carbocycles. The van der Waals surface area contributed by atoms with Gasteiger partial charge in [-0.25, -0.2) is 0 Å². The van der Waals surface area contributed by atoms with Crippen LogP contribution in [0.3, 0.4) is 0 Å². The van der Waals surface area contributed by atoms with Gasteiger partial charge in [0.25, 0.3) is 5.91 Å². The molecule has 0 spiro atoms. The van der Waals surface area contributed by atoms with Crippen LogP contribution in [0.1, 0.15) is 16.7 Å². The van der Waals surface area contributed by atoms with Crippen molar-refractivity contribution in [2.24, 2.45) is 0 Å². The van der Waals surface area contributed by atoms with Crippen LogP contribution in [-0.2, 0) is 4.79 Å². The summed E-state index contributed by atoms with van der Waals surface area (Å²) in [6, 6.07) is 20.5. The van der Waals surface area contributed by atoms with Crippen LogP contribution in [0.15, 0.2) is 70.8 Å². The van der Waals surface area contributed by atoms with E-state index in [1.807, 2.05) is 56.3 Å². The van der Waals surface area contributed by atoms with Gasteiger partial charge in [0, 0.05) is 16.3 Å². The maximum absolute atomic E-state index is 12.7. The van der Waals surface area contributed by atoms with E-state index in [1.54, 1.807) is 30.3 Å². The minimum absolute atomic E-state index is 0.00440. The van der Waals surface area contributed by atoms with Gasteiger partial charge >= 0.3 is 0 Å². The second-order valence-electron chi connectivity index (χ2n) is 7.24. The largest absolute Gasteiger partial charge is 0.355 e. The van der Waals surface area contributed by atoms with Crippen LogP contribution in [-0.4, -0.2) is 11.1 Å². The van der Waals surface area contributed by atoms with Gasteiger partial charge in [0.15, 0.2) is 5.76 Å². The second kappa shape index (κ2) is 8.47. The zero-order chi connectivity index (χ0) is 22.0. The molecule has 0 aliphatic carbocycles. The van der Waals surface area contributed by atoms with Crippen molar-refractivity contribution < 1.29 is 9.32 Å². The lowest BCUT2D eigenvalue weighted by Crippen LogP contribution is -2.14. The molecule has 0 atom stereocenters. The maximum Gasteiger partial charge on any atom is 0.266 e. The number of aromatic nitrogens is 1. The lowest BCUT2D eigenvalue weighted by atomic mass is 10.0. The molecule has 6 heteroatoms. The first kappa shape index (κ1) is 20.4. The number of halogens is 1. The third-order valence-corrected chi connectivity index (χ3v) is 5.18. The van der Waals surface area contributed by atoms with Crippen molar-refractivity contribution >= 4 is 40.2 Å². The zero-order valence-corrected chi connectivity index (χ0v) is 17.7. The second-order valence-corrected chi connectivity index (χ2v) is 7.67. The van der Waals surface area contributed by atoms with Crippen molar-refractivity contribution in [3.63, 3.8) is 0 Å². The molecule has 0 unspecified atom stereocenters. The highest BCUT2D eigenvalue weighted by atomic mass is 35.5. The normalized spacial score (nSPS) is 11.4. The van der Waals surface area contributed by atoms with Crippen LogP contribution in [0.4, 0.5) is 5.69 Å². The Morgan fingerprint density at radius 2 is 1.87 bits per heavy atom. The molecular weight excluding hydrogens is 410 g/mol. The minimum Gasteiger partial charge on any atom is -0.355 e. The van der Waals surface area contributed by atoms with Gasteiger partial charge in [-0.3, -0.25) is 4.79 Å². The van der Waals surface area contributed by atoms with E-state index in [4.69, 9.17) is 16.1 Å². The molecule has 1 N–H and O–H groups in total. The van der Waals surface area contributed by atoms with Crippen molar-refractivity contribution in [1.82, 2.24) is 5.16 Å². The molecule has 0 saturated heterocycles. The third-order valence-electron chi connectivity index (χ3n) is 4.92. The summed E-state index contributed by atoms with van der Waals surface area (Å²) in [5.74, 6) is 0.139. The van der Waals surface area contributed by atoms with E-state index in [0.717, 1.165) is 22.1 Å². The number of hydrogen-bond donors (Lipinski definition) is 1. The molecule has 0 bridgehead atoms. The van der Waals surface area contributed by atoms with Crippen molar-refractivity contribution in [3.8, 4) is 17.4 Å². The third kappa shape index (κ3) is 4.35. The predicted octanol–water partition coefficient (Wildman–Crippen LogP) is 6.31. The van der Waals surface area contributed by atoms with Gasteiger partial charge in [-0.2, -0.15) is 5.26 Å². The number of carbonyl (C=O) groups is 1. The first-order chi connectivity index (χ1) is 14.9. The molecule has 0 aliphatic heterocycles. The van der Waals surface area contributed by atoms with Gasteiger partial charge in [-0.15, -0.1) is 0 Å². The Hall–Kier alpha value is -3.88. The first-order valence-electron chi connectivity index (χ1n) is 9.60. The van der Waals surface area contributed by atoms with Crippen molar-refractivity contribution in [1.29, 1.82) is 5.26 Å². The average Bonchev–Trinajstić information content (AvgIpc) is 3.18. The fourth-order valence-corrected chi connectivity index (χ4v) is 3.36. The Labute approximate surface area is 184 Å². The SMILES string of the molecule is Cc1ccc(C)c(NC(=O)/C(C#N)=C/c2ccc3noc(-c4ccc(Cl)cc4)c3c2)c1. The summed E-state index contributed by atoms with van der Waals surface area (Å²) in [5.41, 5.74) is 4.85. The summed E-state index contributed by atoms with van der Waals surface area (Å²) in [7, 11) is 0. The Bertz CT molecular complexity index is 1360. The zero-order valence-electron chi connectivity index (χ0n) is 16.9. The minimum atomic E-state index is -0.459. The number of nitrogens with one attached hydrogen (secondary N) is 1. The highest BCUT2D eigenvalue weighted by molar-refractivity contribution is 6.30. The molecule has 5 nitrogen and oxygen atoms in total. The number of nitriles is 1. The number of anilines is 1. The molecule has 31 heavy (non-hydrogen) atoms. The molecule has 1 aromatic heterocycles. The fourth-order valence-electron chi connectivity index (χ4n) is 3.23. The number of nitrogens with zero attached hydrogens (tertiary/aromatic N) is 2. The van der Waals surface area contributed by atoms with Gasteiger partial charge < -0.3 is 9.84 Å². The number of hydrogen-bond acceptors (Lipinski definition) is 4. The van der Waals surface area contributed by atoms with Gasteiger partial charge in [-0.05, 0) is 79.1 Å². The van der Waals surface area contributed by atoms with Crippen LogP contribution in [0, 0.1) is 25.2 Å². The molecule has 0 fully saturated rings. The van der Waals surface area contributed by atoms with Crippen LogP contribution >= 0.6 is 11.6 Å². The van der Waals surface area contributed by atoms with Gasteiger partial charge in [0.05, 0.1) is 5.39 Å². The highest BCUT2D eigenvalue weighted by Crippen LogP contribution is 2.30. The number of rotatable bonds is 4. The van der Waals surface area contributed by atoms with E-state index in [0.29, 0.717) is 27.6 Å². The molecular formula is C25H18ClN3O2. The number of fused-ring (bicyclic) bond motifs is 1. The number of amides is 1. The standard InChI is InChI=1S/C25H18ClN3O2/c1-15-3-4-16(2)23(11-15)28-25(30)19(14-27)12-17-5-10-22-21(13-17)24(31-29-22)18-6-8-20(26)9-7-18/h3-13H,1-2H3,(H,28,30)/b19-12+. The lowest BCUT2D eigenvalue weighted by molar-refractivity contribution is -0.112. The Kier molecular flexibility index (Phi) is 5.57. The van der Waals surface area contributed by atoms with E-state index in [1.165, 1.54) is 0 Å². The van der Waals surface area contributed by atoms with Gasteiger partial charge in [-0.1, -0.05) is 35.0 Å². The first-order valence-corrected chi connectivity index (χ1v) is 9.98. The topological polar surface area (TPSA) is 78.9 Å². The number of benzene rings is 3. The Balaban J connectivity index is 1.67. The molecule has 1 amide bonds. The van der Waals surface area contributed by atoms with Crippen molar-refractivity contribution in [2.45, 2.75) is 13.8 Å². The summed E-state index contributed by atoms with van der Waals surface area (Å²) in [4.78, 5) is 12.7. The summed E-state index contributed by atoms with van der Waals surface area (Å²) in [6.07, 6.45) is 1.55. The monoisotopic (exact) mass is 427 g/mol.